The fraction of sp³-hybridized carbons (Fsp3) is 0.0714. The fourth-order valence-electron chi connectivity index (χ4n) is 1.49. The third kappa shape index (κ3) is 4.34. The third-order valence-electron chi connectivity index (χ3n) is 2.56. The summed E-state index contributed by atoms with van der Waals surface area (Å²) >= 11 is 11.8. The normalized spacial score (nSPS) is 10.6. The molecule has 0 bridgehead atoms. The minimum Gasteiger partial charge on any atom is -0.467 e. The second-order valence-electron chi connectivity index (χ2n) is 4.10. The zero-order chi connectivity index (χ0) is 15.9. The number of benzene rings is 1. The molecule has 1 aromatic heterocycles. The molecule has 0 atom stereocenters. The molecule has 0 aliphatic heterocycles. The number of nitrogens with zero attached hydrogens (tertiary/aromatic N) is 1. The summed E-state index contributed by atoms with van der Waals surface area (Å²) in [4.78, 5) is 23.0. The summed E-state index contributed by atoms with van der Waals surface area (Å²) in [5.74, 6) is -1.19. The SMILES string of the molecule is O=C(NCc1ccco1)C(=O)N/N=C/c1cccc(Cl)c1Cl. The monoisotopic (exact) mass is 339 g/mol. The highest BCUT2D eigenvalue weighted by Crippen LogP contribution is 2.23. The van der Waals surface area contributed by atoms with Crippen molar-refractivity contribution in [3.63, 3.8) is 0 Å². The first kappa shape index (κ1) is 16.1. The van der Waals surface area contributed by atoms with Gasteiger partial charge in [0, 0.05) is 5.56 Å². The summed E-state index contributed by atoms with van der Waals surface area (Å²) < 4.78 is 5.02. The zero-order valence-corrected chi connectivity index (χ0v) is 12.7. The molecule has 6 nitrogen and oxygen atoms in total. The number of hydrazone groups is 1. The van der Waals surface area contributed by atoms with Gasteiger partial charge in [0.25, 0.3) is 0 Å². The molecule has 0 aliphatic rings. The molecule has 1 heterocycles. The Labute approximate surface area is 136 Å². The highest BCUT2D eigenvalue weighted by atomic mass is 35.5. The largest absolute Gasteiger partial charge is 0.467 e. The van der Waals surface area contributed by atoms with E-state index in [1.54, 1.807) is 30.3 Å². The average Bonchev–Trinajstić information content (AvgIpc) is 3.02. The predicted octanol–water partition coefficient (Wildman–Crippen LogP) is 2.35. The van der Waals surface area contributed by atoms with E-state index in [9.17, 15) is 9.59 Å². The number of halogens is 2. The second-order valence-corrected chi connectivity index (χ2v) is 4.89. The molecule has 22 heavy (non-hydrogen) atoms. The number of carbonyl (C=O) groups excluding carboxylic acids is 2. The Morgan fingerprint density at radius 3 is 2.73 bits per heavy atom. The van der Waals surface area contributed by atoms with E-state index in [4.69, 9.17) is 27.6 Å². The van der Waals surface area contributed by atoms with Crippen molar-refractivity contribution in [2.75, 3.05) is 0 Å². The molecule has 0 unspecified atom stereocenters. The van der Waals surface area contributed by atoms with Crippen LogP contribution in [0.4, 0.5) is 0 Å². The van der Waals surface area contributed by atoms with Crippen molar-refractivity contribution in [1.29, 1.82) is 0 Å². The molecular formula is C14H11Cl2N3O3. The number of hydrogen-bond acceptors (Lipinski definition) is 4. The molecule has 0 aliphatic carbocycles. The van der Waals surface area contributed by atoms with Crippen LogP contribution < -0.4 is 10.7 Å². The molecule has 2 amide bonds. The van der Waals surface area contributed by atoms with Crippen molar-refractivity contribution in [2.24, 2.45) is 5.10 Å². The summed E-state index contributed by atoms with van der Waals surface area (Å²) in [5, 5.41) is 6.72. The minimum absolute atomic E-state index is 0.114. The van der Waals surface area contributed by atoms with Gasteiger partial charge in [-0.1, -0.05) is 35.3 Å². The molecule has 8 heteroatoms. The average molecular weight is 340 g/mol. The van der Waals surface area contributed by atoms with Crippen molar-refractivity contribution in [3.8, 4) is 0 Å². The summed E-state index contributed by atoms with van der Waals surface area (Å²) in [6.45, 7) is 0.114. The minimum atomic E-state index is -0.902. The molecule has 0 radical (unpaired) electrons. The van der Waals surface area contributed by atoms with Gasteiger partial charge < -0.3 is 9.73 Å². The smallest absolute Gasteiger partial charge is 0.329 e. The molecule has 1 aromatic carbocycles. The third-order valence-corrected chi connectivity index (χ3v) is 3.39. The summed E-state index contributed by atoms with van der Waals surface area (Å²) in [6, 6.07) is 8.34. The Balaban J connectivity index is 1.85. The molecule has 2 aromatic rings. The number of hydrogen-bond donors (Lipinski definition) is 2. The number of furan rings is 1. The maximum Gasteiger partial charge on any atom is 0.329 e. The molecule has 2 N–H and O–H groups in total. The van der Waals surface area contributed by atoms with Crippen molar-refractivity contribution >= 4 is 41.2 Å². The van der Waals surface area contributed by atoms with Crippen molar-refractivity contribution < 1.29 is 14.0 Å². The van der Waals surface area contributed by atoms with Crippen LogP contribution in [0.1, 0.15) is 11.3 Å². The van der Waals surface area contributed by atoms with E-state index in [1.165, 1.54) is 12.5 Å². The number of carbonyl (C=O) groups is 2. The Bertz CT molecular complexity index is 699. The lowest BCUT2D eigenvalue weighted by molar-refractivity contribution is -0.139. The summed E-state index contributed by atoms with van der Waals surface area (Å²) in [5.41, 5.74) is 2.61. The van der Waals surface area contributed by atoms with Crippen LogP contribution in [-0.4, -0.2) is 18.0 Å². The van der Waals surface area contributed by atoms with Crippen LogP contribution >= 0.6 is 23.2 Å². The first-order valence-corrected chi connectivity index (χ1v) is 6.91. The van der Waals surface area contributed by atoms with Crippen LogP contribution in [0.25, 0.3) is 0 Å². The van der Waals surface area contributed by atoms with E-state index in [-0.39, 0.29) is 6.54 Å². The van der Waals surface area contributed by atoms with Crippen LogP contribution in [0.5, 0.6) is 0 Å². The standard InChI is InChI=1S/C14H11Cl2N3O3/c15-11-5-1-3-9(12(11)16)7-18-19-14(21)13(20)17-8-10-4-2-6-22-10/h1-7H,8H2,(H,17,20)(H,19,21)/b18-7+. The zero-order valence-electron chi connectivity index (χ0n) is 11.2. The van der Waals surface area contributed by atoms with E-state index >= 15 is 0 Å². The highest BCUT2D eigenvalue weighted by Gasteiger charge is 2.12. The number of nitrogens with one attached hydrogen (secondary N) is 2. The molecule has 0 saturated heterocycles. The Morgan fingerprint density at radius 2 is 2.00 bits per heavy atom. The van der Waals surface area contributed by atoms with E-state index < -0.39 is 11.8 Å². The summed E-state index contributed by atoms with van der Waals surface area (Å²) in [6.07, 6.45) is 2.77. The van der Waals surface area contributed by atoms with Gasteiger partial charge in [0.05, 0.1) is 29.1 Å². The maximum absolute atomic E-state index is 11.5. The quantitative estimate of drug-likeness (QED) is 0.509. The molecule has 2 rings (SSSR count). The molecule has 0 fully saturated rings. The predicted molar refractivity (Wildman–Crippen MR) is 82.8 cm³/mol. The van der Waals surface area contributed by atoms with E-state index in [2.05, 4.69) is 15.8 Å². The van der Waals surface area contributed by atoms with Crippen LogP contribution in [0.3, 0.4) is 0 Å². The van der Waals surface area contributed by atoms with Gasteiger partial charge in [0.15, 0.2) is 0 Å². The lowest BCUT2D eigenvalue weighted by Crippen LogP contribution is -2.37. The van der Waals surface area contributed by atoms with Crippen LogP contribution in [0, 0.1) is 0 Å². The van der Waals surface area contributed by atoms with Gasteiger partial charge in [-0.2, -0.15) is 5.10 Å². The van der Waals surface area contributed by atoms with Gasteiger partial charge in [0.1, 0.15) is 5.76 Å². The second kappa shape index (κ2) is 7.63. The van der Waals surface area contributed by atoms with Gasteiger partial charge >= 0.3 is 11.8 Å². The highest BCUT2D eigenvalue weighted by molar-refractivity contribution is 6.43. The van der Waals surface area contributed by atoms with Crippen LogP contribution in [0.15, 0.2) is 46.1 Å². The van der Waals surface area contributed by atoms with Crippen LogP contribution in [0.2, 0.25) is 10.0 Å². The summed E-state index contributed by atoms with van der Waals surface area (Å²) in [7, 11) is 0. The number of rotatable bonds is 4. The topological polar surface area (TPSA) is 83.7 Å². The van der Waals surface area contributed by atoms with Gasteiger partial charge in [0.2, 0.25) is 0 Å². The number of amides is 2. The molecule has 0 saturated carbocycles. The van der Waals surface area contributed by atoms with Gasteiger partial charge in [-0.15, -0.1) is 0 Å². The van der Waals surface area contributed by atoms with Crippen molar-refractivity contribution in [1.82, 2.24) is 10.7 Å². The van der Waals surface area contributed by atoms with Gasteiger partial charge in [-0.3, -0.25) is 9.59 Å². The molecule has 114 valence electrons. The Morgan fingerprint density at radius 1 is 1.18 bits per heavy atom. The lowest BCUT2D eigenvalue weighted by Gasteiger charge is -2.02. The first-order chi connectivity index (χ1) is 10.6. The fourth-order valence-corrected chi connectivity index (χ4v) is 1.85. The van der Waals surface area contributed by atoms with E-state index in [0.29, 0.717) is 21.4 Å². The van der Waals surface area contributed by atoms with Gasteiger partial charge in [-0.25, -0.2) is 5.43 Å². The Hall–Kier alpha value is -2.31. The maximum atomic E-state index is 11.5. The Kier molecular flexibility index (Phi) is 5.57. The van der Waals surface area contributed by atoms with Crippen molar-refractivity contribution in [3.05, 3.63) is 58.0 Å². The van der Waals surface area contributed by atoms with E-state index in [0.717, 1.165) is 0 Å². The van der Waals surface area contributed by atoms with Crippen LogP contribution in [-0.2, 0) is 16.1 Å². The van der Waals surface area contributed by atoms with Gasteiger partial charge in [-0.05, 0) is 18.2 Å². The lowest BCUT2D eigenvalue weighted by atomic mass is 10.2. The van der Waals surface area contributed by atoms with E-state index in [1.807, 2.05) is 0 Å². The molecule has 0 spiro atoms. The van der Waals surface area contributed by atoms with Crippen molar-refractivity contribution in [2.45, 2.75) is 6.54 Å². The molecular weight excluding hydrogens is 329 g/mol. The first-order valence-electron chi connectivity index (χ1n) is 6.15.